The van der Waals surface area contributed by atoms with E-state index in [9.17, 15) is 14.9 Å². The molecule has 20 heavy (non-hydrogen) atoms. The Morgan fingerprint density at radius 2 is 2.20 bits per heavy atom. The van der Waals surface area contributed by atoms with Crippen molar-refractivity contribution in [2.24, 2.45) is 0 Å². The fraction of sp³-hybridized carbons (Fsp3) is 0.0833. The van der Waals surface area contributed by atoms with Crippen molar-refractivity contribution in [3.63, 3.8) is 0 Å². The van der Waals surface area contributed by atoms with Crippen LogP contribution in [0.3, 0.4) is 0 Å². The highest BCUT2D eigenvalue weighted by atomic mass is 79.9. The molecule has 0 aliphatic rings. The number of nitrogens with zero attached hydrogens (tertiary/aromatic N) is 1. The number of halogens is 2. The zero-order valence-electron chi connectivity index (χ0n) is 9.93. The van der Waals surface area contributed by atoms with Crippen LogP contribution >= 0.6 is 38.9 Å². The van der Waals surface area contributed by atoms with E-state index in [1.165, 1.54) is 29.5 Å². The summed E-state index contributed by atoms with van der Waals surface area (Å²) < 4.78 is 0.917. The highest BCUT2D eigenvalue weighted by Crippen LogP contribution is 2.23. The molecule has 0 saturated carbocycles. The summed E-state index contributed by atoms with van der Waals surface area (Å²) in [4.78, 5) is 23.1. The molecule has 0 aliphatic heterocycles. The normalized spacial score (nSPS) is 10.3. The number of non-ortho nitro benzene ring substituents is 1. The van der Waals surface area contributed by atoms with Crippen molar-refractivity contribution in [3.8, 4) is 0 Å². The Morgan fingerprint density at radius 3 is 2.80 bits per heavy atom. The summed E-state index contributed by atoms with van der Waals surface area (Å²) in [6.07, 6.45) is 0. The lowest BCUT2D eigenvalue weighted by Crippen LogP contribution is -2.22. The lowest BCUT2D eigenvalue weighted by Gasteiger charge is -2.05. The number of rotatable bonds is 4. The van der Waals surface area contributed by atoms with Crippen molar-refractivity contribution in [2.45, 2.75) is 6.54 Å². The second-order valence-corrected chi connectivity index (χ2v) is 6.12. The predicted octanol–water partition coefficient (Wildman–Crippen LogP) is 4.00. The van der Waals surface area contributed by atoms with Crippen LogP contribution in [0.25, 0.3) is 0 Å². The summed E-state index contributed by atoms with van der Waals surface area (Å²) in [5.74, 6) is -0.407. The van der Waals surface area contributed by atoms with Crippen LogP contribution in [0.1, 0.15) is 15.2 Å². The second-order valence-electron chi connectivity index (χ2n) is 3.83. The standard InChI is InChI=1S/C12H8BrClN2O3S/c13-10-1-2-20-11(10)6-15-12(17)7-3-8(14)5-9(4-7)16(18)19/h1-5H,6H2,(H,15,17). The van der Waals surface area contributed by atoms with Crippen LogP contribution in [-0.4, -0.2) is 10.8 Å². The maximum absolute atomic E-state index is 12.0. The van der Waals surface area contributed by atoms with Gasteiger partial charge in [-0.25, -0.2) is 0 Å². The summed E-state index contributed by atoms with van der Waals surface area (Å²) in [5, 5.41) is 15.5. The average molecular weight is 376 g/mol. The molecule has 2 rings (SSSR count). The van der Waals surface area contributed by atoms with Crippen molar-refractivity contribution < 1.29 is 9.72 Å². The first-order valence-corrected chi connectivity index (χ1v) is 7.47. The Labute approximate surface area is 131 Å². The van der Waals surface area contributed by atoms with Gasteiger partial charge in [0.1, 0.15) is 0 Å². The lowest BCUT2D eigenvalue weighted by atomic mass is 10.2. The minimum Gasteiger partial charge on any atom is -0.347 e. The molecule has 2 aromatic rings. The highest BCUT2D eigenvalue weighted by Gasteiger charge is 2.14. The van der Waals surface area contributed by atoms with Gasteiger partial charge in [0, 0.05) is 32.1 Å². The van der Waals surface area contributed by atoms with Gasteiger partial charge in [0.15, 0.2) is 0 Å². The quantitative estimate of drug-likeness (QED) is 0.648. The van der Waals surface area contributed by atoms with Crippen molar-refractivity contribution in [1.29, 1.82) is 0 Å². The van der Waals surface area contributed by atoms with E-state index in [0.717, 1.165) is 9.35 Å². The van der Waals surface area contributed by atoms with Gasteiger partial charge in [0.05, 0.1) is 11.5 Å². The topological polar surface area (TPSA) is 72.2 Å². The molecule has 1 aromatic carbocycles. The van der Waals surface area contributed by atoms with Crippen LogP contribution in [0.2, 0.25) is 5.02 Å². The molecule has 1 heterocycles. The number of carbonyl (C=O) groups excluding carboxylic acids is 1. The van der Waals surface area contributed by atoms with Gasteiger partial charge in [-0.05, 0) is 33.4 Å². The fourth-order valence-electron chi connectivity index (χ4n) is 1.52. The molecule has 1 amide bonds. The van der Waals surface area contributed by atoms with Crippen molar-refractivity contribution in [2.75, 3.05) is 0 Å². The Hall–Kier alpha value is -1.44. The molecule has 1 N–H and O–H groups in total. The van der Waals surface area contributed by atoms with Crippen LogP contribution in [0.5, 0.6) is 0 Å². The van der Waals surface area contributed by atoms with Gasteiger partial charge in [0.25, 0.3) is 11.6 Å². The third kappa shape index (κ3) is 3.56. The van der Waals surface area contributed by atoms with Gasteiger partial charge in [-0.3, -0.25) is 14.9 Å². The van der Waals surface area contributed by atoms with E-state index in [1.54, 1.807) is 0 Å². The van der Waals surface area contributed by atoms with Crippen LogP contribution in [-0.2, 0) is 6.54 Å². The first-order valence-electron chi connectivity index (χ1n) is 5.42. The van der Waals surface area contributed by atoms with Crippen LogP contribution in [0, 0.1) is 10.1 Å². The van der Waals surface area contributed by atoms with Gasteiger partial charge < -0.3 is 5.32 Å². The summed E-state index contributed by atoms with van der Waals surface area (Å²) in [5.41, 5.74) is -0.0446. The minimum atomic E-state index is -0.585. The fourth-order valence-corrected chi connectivity index (χ4v) is 3.19. The maximum atomic E-state index is 12.0. The summed E-state index contributed by atoms with van der Waals surface area (Å²) >= 11 is 10.6. The Morgan fingerprint density at radius 1 is 1.45 bits per heavy atom. The number of benzene rings is 1. The van der Waals surface area contributed by atoms with E-state index >= 15 is 0 Å². The van der Waals surface area contributed by atoms with Gasteiger partial charge in [-0.2, -0.15) is 0 Å². The van der Waals surface area contributed by atoms with E-state index in [4.69, 9.17) is 11.6 Å². The molecule has 0 atom stereocenters. The van der Waals surface area contributed by atoms with E-state index < -0.39 is 10.8 Å². The number of nitrogens with one attached hydrogen (secondary N) is 1. The average Bonchev–Trinajstić information content (AvgIpc) is 2.80. The number of thiophene rings is 1. The third-order valence-corrected chi connectivity index (χ3v) is 4.60. The lowest BCUT2D eigenvalue weighted by molar-refractivity contribution is -0.384. The zero-order valence-corrected chi connectivity index (χ0v) is 13.1. The van der Waals surface area contributed by atoms with E-state index in [1.807, 2.05) is 11.4 Å². The molecule has 0 aliphatic carbocycles. The van der Waals surface area contributed by atoms with E-state index in [-0.39, 0.29) is 16.3 Å². The molecular weight excluding hydrogens is 368 g/mol. The molecule has 0 radical (unpaired) electrons. The van der Waals surface area contributed by atoms with Crippen LogP contribution in [0.15, 0.2) is 34.1 Å². The molecular formula is C12H8BrClN2O3S. The Balaban J connectivity index is 2.13. The van der Waals surface area contributed by atoms with Gasteiger partial charge in [-0.1, -0.05) is 11.6 Å². The Kier molecular flexibility index (Phi) is 4.74. The Bertz CT molecular complexity index is 674. The molecule has 104 valence electrons. The third-order valence-electron chi connectivity index (χ3n) is 2.46. The SMILES string of the molecule is O=C(NCc1sccc1Br)c1cc(Cl)cc([N+](=O)[O-])c1. The van der Waals surface area contributed by atoms with E-state index in [0.29, 0.717) is 6.54 Å². The molecule has 0 bridgehead atoms. The number of hydrogen-bond acceptors (Lipinski definition) is 4. The zero-order chi connectivity index (χ0) is 14.7. The number of nitro groups is 1. The van der Waals surface area contributed by atoms with Crippen molar-refractivity contribution in [1.82, 2.24) is 5.32 Å². The molecule has 0 saturated heterocycles. The molecule has 0 fully saturated rings. The molecule has 1 aromatic heterocycles. The summed E-state index contributed by atoms with van der Waals surface area (Å²) in [6.45, 7) is 0.345. The minimum absolute atomic E-state index is 0.154. The number of hydrogen-bond donors (Lipinski definition) is 1. The van der Waals surface area contributed by atoms with Crippen molar-refractivity contribution in [3.05, 3.63) is 59.7 Å². The van der Waals surface area contributed by atoms with Gasteiger partial charge in [-0.15, -0.1) is 11.3 Å². The molecule has 8 heteroatoms. The molecule has 0 spiro atoms. The van der Waals surface area contributed by atoms with Gasteiger partial charge >= 0.3 is 0 Å². The van der Waals surface area contributed by atoms with Crippen LogP contribution < -0.4 is 5.32 Å². The number of carbonyl (C=O) groups is 1. The first-order chi connectivity index (χ1) is 9.47. The summed E-state index contributed by atoms with van der Waals surface area (Å²) in [6, 6.07) is 5.68. The van der Waals surface area contributed by atoms with Crippen molar-refractivity contribution >= 4 is 50.5 Å². The first kappa shape index (κ1) is 15.0. The highest BCUT2D eigenvalue weighted by molar-refractivity contribution is 9.10. The second kappa shape index (κ2) is 6.34. The smallest absolute Gasteiger partial charge is 0.271 e. The van der Waals surface area contributed by atoms with Gasteiger partial charge in [0.2, 0.25) is 0 Å². The monoisotopic (exact) mass is 374 g/mol. The molecule has 0 unspecified atom stereocenters. The summed E-state index contributed by atoms with van der Waals surface area (Å²) in [7, 11) is 0. The predicted molar refractivity (Wildman–Crippen MR) is 81.3 cm³/mol. The van der Waals surface area contributed by atoms with E-state index in [2.05, 4.69) is 21.2 Å². The maximum Gasteiger partial charge on any atom is 0.271 e. The largest absolute Gasteiger partial charge is 0.347 e. The van der Waals surface area contributed by atoms with Crippen LogP contribution in [0.4, 0.5) is 5.69 Å². The number of nitro benzene ring substituents is 1. The number of amides is 1. The molecule has 5 nitrogen and oxygen atoms in total.